The molecule has 1 saturated carbocycles. The maximum atomic E-state index is 12.8. The van der Waals surface area contributed by atoms with E-state index in [-0.39, 0.29) is 23.9 Å². The molecule has 1 aliphatic rings. The van der Waals surface area contributed by atoms with Crippen molar-refractivity contribution in [3.05, 3.63) is 24.3 Å². The SMILES string of the molecule is COc1ccc(N(C(=O)C(C)C(C)N)C(C)C2CC2)cc1. The molecule has 1 aromatic rings. The second-order valence-electron chi connectivity index (χ2n) is 6.13. The maximum Gasteiger partial charge on any atom is 0.231 e. The van der Waals surface area contributed by atoms with E-state index in [1.807, 2.05) is 43.0 Å². The van der Waals surface area contributed by atoms with Crippen LogP contribution >= 0.6 is 0 Å². The first-order valence-corrected chi connectivity index (χ1v) is 7.68. The molecule has 2 rings (SSSR count). The molecule has 1 amide bonds. The number of carbonyl (C=O) groups excluding carboxylic acids is 1. The van der Waals surface area contributed by atoms with Crippen molar-refractivity contribution in [3.8, 4) is 5.75 Å². The first kappa shape index (κ1) is 15.8. The average Bonchev–Trinajstić information content (AvgIpc) is 3.31. The van der Waals surface area contributed by atoms with Gasteiger partial charge in [0.25, 0.3) is 0 Å². The van der Waals surface area contributed by atoms with E-state index >= 15 is 0 Å². The number of carbonyl (C=O) groups is 1. The molecule has 0 heterocycles. The molecule has 0 aliphatic heterocycles. The Bertz CT molecular complexity index is 480. The molecule has 0 spiro atoms. The van der Waals surface area contributed by atoms with Crippen molar-refractivity contribution < 1.29 is 9.53 Å². The standard InChI is InChI=1S/C17H26N2O2/c1-11(12(2)18)17(20)19(13(3)14-5-6-14)15-7-9-16(21-4)10-8-15/h7-14H,5-6,18H2,1-4H3. The Kier molecular flexibility index (Phi) is 4.88. The van der Waals surface area contributed by atoms with Crippen molar-refractivity contribution in [2.24, 2.45) is 17.6 Å². The molecular formula is C17H26N2O2. The van der Waals surface area contributed by atoms with Crippen molar-refractivity contribution in [2.75, 3.05) is 12.0 Å². The number of anilines is 1. The smallest absolute Gasteiger partial charge is 0.231 e. The van der Waals surface area contributed by atoms with Crippen molar-refractivity contribution in [3.63, 3.8) is 0 Å². The zero-order valence-corrected chi connectivity index (χ0v) is 13.4. The molecule has 3 unspecified atom stereocenters. The van der Waals surface area contributed by atoms with Crippen LogP contribution in [0.3, 0.4) is 0 Å². The second-order valence-corrected chi connectivity index (χ2v) is 6.13. The van der Waals surface area contributed by atoms with E-state index in [1.54, 1.807) is 7.11 Å². The number of nitrogens with two attached hydrogens (primary N) is 1. The van der Waals surface area contributed by atoms with Crippen LogP contribution in [-0.2, 0) is 4.79 Å². The normalized spacial score (nSPS) is 18.7. The zero-order valence-electron chi connectivity index (χ0n) is 13.4. The highest BCUT2D eigenvalue weighted by atomic mass is 16.5. The van der Waals surface area contributed by atoms with Gasteiger partial charge in [0.15, 0.2) is 0 Å². The molecule has 2 N–H and O–H groups in total. The predicted molar refractivity (Wildman–Crippen MR) is 85.5 cm³/mol. The highest BCUT2D eigenvalue weighted by Crippen LogP contribution is 2.38. The van der Waals surface area contributed by atoms with E-state index < -0.39 is 0 Å². The van der Waals surface area contributed by atoms with E-state index in [4.69, 9.17) is 10.5 Å². The monoisotopic (exact) mass is 290 g/mol. The van der Waals surface area contributed by atoms with Gasteiger partial charge in [0.05, 0.1) is 13.0 Å². The van der Waals surface area contributed by atoms with Crippen LogP contribution < -0.4 is 15.4 Å². The fourth-order valence-electron chi connectivity index (χ4n) is 2.54. The summed E-state index contributed by atoms with van der Waals surface area (Å²) >= 11 is 0. The third-order valence-corrected chi connectivity index (χ3v) is 4.48. The number of nitrogens with zero attached hydrogens (tertiary/aromatic N) is 1. The summed E-state index contributed by atoms with van der Waals surface area (Å²) in [7, 11) is 1.64. The minimum absolute atomic E-state index is 0.106. The van der Waals surface area contributed by atoms with Crippen LogP contribution in [0.5, 0.6) is 5.75 Å². The number of hydrogen-bond donors (Lipinski definition) is 1. The third kappa shape index (κ3) is 3.56. The Morgan fingerprint density at radius 1 is 1.24 bits per heavy atom. The van der Waals surface area contributed by atoms with Crippen LogP contribution in [0.1, 0.15) is 33.6 Å². The highest BCUT2D eigenvalue weighted by molar-refractivity contribution is 5.96. The molecule has 4 heteroatoms. The van der Waals surface area contributed by atoms with Gasteiger partial charge < -0.3 is 15.4 Å². The van der Waals surface area contributed by atoms with E-state index in [9.17, 15) is 4.79 Å². The Balaban J connectivity index is 2.28. The molecule has 0 saturated heterocycles. The lowest BCUT2D eigenvalue weighted by Gasteiger charge is -2.33. The van der Waals surface area contributed by atoms with Gasteiger partial charge >= 0.3 is 0 Å². The Hall–Kier alpha value is -1.55. The highest BCUT2D eigenvalue weighted by Gasteiger charge is 2.37. The summed E-state index contributed by atoms with van der Waals surface area (Å²) < 4.78 is 5.19. The summed E-state index contributed by atoms with van der Waals surface area (Å²) in [4.78, 5) is 14.7. The minimum Gasteiger partial charge on any atom is -0.497 e. The summed E-state index contributed by atoms with van der Waals surface area (Å²) in [6.07, 6.45) is 2.40. The molecule has 0 aromatic heterocycles. The lowest BCUT2D eigenvalue weighted by Crippen LogP contribution is -2.47. The number of hydrogen-bond acceptors (Lipinski definition) is 3. The van der Waals surface area contributed by atoms with Gasteiger partial charge in [0.1, 0.15) is 5.75 Å². The number of ether oxygens (including phenoxy) is 1. The molecule has 1 aromatic carbocycles. The average molecular weight is 290 g/mol. The fourth-order valence-corrected chi connectivity index (χ4v) is 2.54. The van der Waals surface area contributed by atoms with Gasteiger partial charge in [-0.25, -0.2) is 0 Å². The first-order chi connectivity index (χ1) is 9.95. The summed E-state index contributed by atoms with van der Waals surface area (Å²) in [6.45, 7) is 5.92. The van der Waals surface area contributed by atoms with Crippen LogP contribution in [-0.4, -0.2) is 25.1 Å². The van der Waals surface area contributed by atoms with Gasteiger partial charge in [-0.1, -0.05) is 6.92 Å². The first-order valence-electron chi connectivity index (χ1n) is 7.68. The van der Waals surface area contributed by atoms with E-state index in [0.29, 0.717) is 5.92 Å². The van der Waals surface area contributed by atoms with Crippen molar-refractivity contribution in [1.29, 1.82) is 0 Å². The van der Waals surface area contributed by atoms with E-state index in [1.165, 1.54) is 12.8 Å². The lowest BCUT2D eigenvalue weighted by molar-refractivity contribution is -0.122. The molecule has 116 valence electrons. The summed E-state index contributed by atoms with van der Waals surface area (Å²) in [5.41, 5.74) is 6.85. The van der Waals surface area contributed by atoms with Crippen LogP contribution in [0.2, 0.25) is 0 Å². The molecule has 4 nitrogen and oxygen atoms in total. The molecule has 21 heavy (non-hydrogen) atoms. The number of amides is 1. The molecular weight excluding hydrogens is 264 g/mol. The van der Waals surface area contributed by atoms with Gasteiger partial charge in [-0.05, 0) is 56.9 Å². The summed E-state index contributed by atoms with van der Waals surface area (Å²) in [5.74, 6) is 1.32. The van der Waals surface area contributed by atoms with Gasteiger partial charge in [-0.2, -0.15) is 0 Å². The van der Waals surface area contributed by atoms with Gasteiger partial charge in [-0.15, -0.1) is 0 Å². The summed E-state index contributed by atoms with van der Waals surface area (Å²) in [5, 5.41) is 0. The van der Waals surface area contributed by atoms with Gasteiger partial charge in [0, 0.05) is 17.8 Å². The third-order valence-electron chi connectivity index (χ3n) is 4.48. The van der Waals surface area contributed by atoms with Gasteiger partial charge in [0.2, 0.25) is 5.91 Å². The molecule has 1 fully saturated rings. The van der Waals surface area contributed by atoms with Crippen LogP contribution in [0.15, 0.2) is 24.3 Å². The Morgan fingerprint density at radius 3 is 2.24 bits per heavy atom. The van der Waals surface area contributed by atoms with E-state index in [2.05, 4.69) is 6.92 Å². The van der Waals surface area contributed by atoms with Crippen LogP contribution in [0, 0.1) is 11.8 Å². The fraction of sp³-hybridized carbons (Fsp3) is 0.588. The molecule has 1 aliphatic carbocycles. The van der Waals surface area contributed by atoms with E-state index in [0.717, 1.165) is 11.4 Å². The second kappa shape index (κ2) is 6.48. The Labute approximate surface area is 127 Å². The number of methoxy groups -OCH3 is 1. The predicted octanol–water partition coefficient (Wildman–Crippen LogP) is 2.81. The molecule has 0 radical (unpaired) electrons. The maximum absolute atomic E-state index is 12.8. The van der Waals surface area contributed by atoms with Crippen molar-refractivity contribution in [1.82, 2.24) is 0 Å². The van der Waals surface area contributed by atoms with Crippen LogP contribution in [0.4, 0.5) is 5.69 Å². The minimum atomic E-state index is -0.187. The topological polar surface area (TPSA) is 55.6 Å². The summed E-state index contributed by atoms with van der Waals surface area (Å²) in [6, 6.07) is 7.75. The Morgan fingerprint density at radius 2 is 1.81 bits per heavy atom. The largest absolute Gasteiger partial charge is 0.497 e. The number of benzene rings is 1. The quantitative estimate of drug-likeness (QED) is 0.876. The molecule has 0 bridgehead atoms. The number of rotatable bonds is 6. The van der Waals surface area contributed by atoms with Gasteiger partial charge in [-0.3, -0.25) is 4.79 Å². The van der Waals surface area contributed by atoms with Crippen molar-refractivity contribution in [2.45, 2.75) is 45.7 Å². The molecule has 3 atom stereocenters. The van der Waals surface area contributed by atoms with Crippen molar-refractivity contribution >= 4 is 11.6 Å². The van der Waals surface area contributed by atoms with Crippen LogP contribution in [0.25, 0.3) is 0 Å². The lowest BCUT2D eigenvalue weighted by atomic mass is 10.0. The zero-order chi connectivity index (χ0) is 15.6.